The molecule has 1 heterocycles. The Labute approximate surface area is 112 Å². The maximum atomic E-state index is 11.5. The number of hydrogen-bond acceptors (Lipinski definition) is 3. The minimum atomic E-state index is -0.236. The van der Waals surface area contributed by atoms with Crippen molar-refractivity contribution in [3.8, 4) is 0 Å². The fourth-order valence-corrected chi connectivity index (χ4v) is 2.61. The first-order chi connectivity index (χ1) is 8.76. The van der Waals surface area contributed by atoms with Gasteiger partial charge in [0.15, 0.2) is 0 Å². The van der Waals surface area contributed by atoms with Crippen molar-refractivity contribution in [3.63, 3.8) is 0 Å². The van der Waals surface area contributed by atoms with Crippen LogP contribution < -0.4 is 0 Å². The van der Waals surface area contributed by atoms with Gasteiger partial charge in [0.2, 0.25) is 0 Å². The molecule has 0 aliphatic carbocycles. The molecule has 0 bridgehead atoms. The van der Waals surface area contributed by atoms with E-state index in [-0.39, 0.29) is 5.41 Å². The van der Waals surface area contributed by atoms with Gasteiger partial charge < -0.3 is 14.4 Å². The van der Waals surface area contributed by atoms with E-state index in [1.165, 1.54) is 25.7 Å². The van der Waals surface area contributed by atoms with Gasteiger partial charge in [-0.2, -0.15) is 0 Å². The van der Waals surface area contributed by atoms with Crippen molar-refractivity contribution < 1.29 is 9.53 Å². The van der Waals surface area contributed by atoms with Crippen LogP contribution >= 0.6 is 0 Å². The third-order valence-corrected chi connectivity index (χ3v) is 3.80. The number of unbranched alkanes of at least 4 members (excludes halogenated alkanes) is 2. The average Bonchev–Trinajstić information content (AvgIpc) is 2.43. The molecule has 0 saturated carbocycles. The van der Waals surface area contributed by atoms with Gasteiger partial charge in [0, 0.05) is 13.2 Å². The molecule has 1 rings (SSSR count). The van der Waals surface area contributed by atoms with Crippen molar-refractivity contribution in [1.82, 2.24) is 4.90 Å². The van der Waals surface area contributed by atoms with Crippen molar-refractivity contribution in [3.05, 3.63) is 0 Å². The second-order valence-electron chi connectivity index (χ2n) is 5.62. The number of nitrogens with zero attached hydrogens (tertiary/aromatic N) is 1. The molecule has 0 amide bonds. The normalized spacial score (nSPS) is 24.4. The lowest BCUT2D eigenvalue weighted by atomic mass is 9.83. The number of hydrogen-bond donors (Lipinski definition) is 0. The van der Waals surface area contributed by atoms with Gasteiger partial charge in [-0.25, -0.2) is 0 Å². The van der Waals surface area contributed by atoms with Gasteiger partial charge in [0.1, 0.15) is 6.29 Å². The van der Waals surface area contributed by atoms with Gasteiger partial charge in [-0.05, 0) is 38.8 Å². The largest absolute Gasteiger partial charge is 0.380 e. The summed E-state index contributed by atoms with van der Waals surface area (Å²) in [4.78, 5) is 13.9. The van der Waals surface area contributed by atoms with Crippen molar-refractivity contribution >= 4 is 6.29 Å². The first kappa shape index (κ1) is 15.6. The molecule has 1 atom stereocenters. The highest BCUT2D eigenvalue weighted by Gasteiger charge is 2.34. The zero-order valence-corrected chi connectivity index (χ0v) is 12.1. The fourth-order valence-electron chi connectivity index (χ4n) is 2.61. The second kappa shape index (κ2) is 8.65. The Hall–Kier alpha value is -0.410. The molecule has 1 fully saturated rings. The van der Waals surface area contributed by atoms with Crippen LogP contribution in [0.25, 0.3) is 0 Å². The van der Waals surface area contributed by atoms with Crippen LogP contribution in [0.5, 0.6) is 0 Å². The number of carbonyl (C=O) groups excluding carboxylic acids is 1. The monoisotopic (exact) mass is 255 g/mol. The highest BCUT2D eigenvalue weighted by atomic mass is 16.5. The van der Waals surface area contributed by atoms with E-state index in [9.17, 15) is 4.79 Å². The van der Waals surface area contributed by atoms with Crippen molar-refractivity contribution in [2.24, 2.45) is 5.41 Å². The van der Waals surface area contributed by atoms with Crippen LogP contribution in [0.4, 0.5) is 0 Å². The Morgan fingerprint density at radius 3 is 2.33 bits per heavy atom. The van der Waals surface area contributed by atoms with E-state index in [1.54, 1.807) is 0 Å². The molecule has 0 N–H and O–H groups in total. The summed E-state index contributed by atoms with van der Waals surface area (Å²) >= 11 is 0. The smallest absolute Gasteiger partial charge is 0.129 e. The van der Waals surface area contributed by atoms with E-state index in [4.69, 9.17) is 4.74 Å². The Kier molecular flexibility index (Phi) is 7.52. The van der Waals surface area contributed by atoms with Gasteiger partial charge in [0.05, 0.1) is 12.0 Å². The minimum Gasteiger partial charge on any atom is -0.380 e. The van der Waals surface area contributed by atoms with Gasteiger partial charge in [-0.15, -0.1) is 0 Å². The van der Waals surface area contributed by atoms with E-state index in [1.807, 2.05) is 0 Å². The van der Waals surface area contributed by atoms with Crippen LogP contribution in [-0.2, 0) is 9.53 Å². The first-order valence-electron chi connectivity index (χ1n) is 7.53. The summed E-state index contributed by atoms with van der Waals surface area (Å²) in [5.74, 6) is 0. The molecular weight excluding hydrogens is 226 g/mol. The van der Waals surface area contributed by atoms with Crippen LogP contribution in [-0.4, -0.2) is 44.0 Å². The summed E-state index contributed by atoms with van der Waals surface area (Å²) in [5.41, 5.74) is -0.236. The predicted molar refractivity (Wildman–Crippen MR) is 74.8 cm³/mol. The molecule has 0 aromatic carbocycles. The van der Waals surface area contributed by atoms with E-state index >= 15 is 0 Å². The topological polar surface area (TPSA) is 29.5 Å². The molecule has 0 radical (unpaired) electrons. The van der Waals surface area contributed by atoms with Crippen LogP contribution in [0.15, 0.2) is 0 Å². The van der Waals surface area contributed by atoms with Gasteiger partial charge in [-0.3, -0.25) is 0 Å². The van der Waals surface area contributed by atoms with Crippen molar-refractivity contribution in [2.75, 3.05) is 32.8 Å². The molecule has 18 heavy (non-hydrogen) atoms. The number of aldehydes is 1. The van der Waals surface area contributed by atoms with Crippen LogP contribution in [0.1, 0.15) is 52.4 Å². The van der Waals surface area contributed by atoms with E-state index in [0.29, 0.717) is 6.61 Å². The molecule has 0 aromatic heterocycles. The Balaban J connectivity index is 2.51. The summed E-state index contributed by atoms with van der Waals surface area (Å²) in [6.07, 6.45) is 8.04. The van der Waals surface area contributed by atoms with Crippen LogP contribution in [0, 0.1) is 5.41 Å². The third kappa shape index (κ3) is 5.07. The molecule has 0 aromatic rings. The van der Waals surface area contributed by atoms with Crippen LogP contribution in [0.2, 0.25) is 0 Å². The lowest BCUT2D eigenvalue weighted by Gasteiger charge is -2.36. The van der Waals surface area contributed by atoms with Crippen molar-refractivity contribution in [1.29, 1.82) is 0 Å². The zero-order valence-electron chi connectivity index (χ0n) is 12.1. The molecular formula is C15H29NO2. The molecule has 0 spiro atoms. The van der Waals surface area contributed by atoms with Gasteiger partial charge in [-0.1, -0.05) is 26.7 Å². The number of carbonyl (C=O) groups is 1. The molecule has 3 nitrogen and oxygen atoms in total. The quantitative estimate of drug-likeness (QED) is 0.593. The summed E-state index contributed by atoms with van der Waals surface area (Å²) in [6.45, 7) is 8.99. The average molecular weight is 255 g/mol. The zero-order chi connectivity index (χ0) is 13.3. The highest BCUT2D eigenvalue weighted by molar-refractivity contribution is 5.60. The van der Waals surface area contributed by atoms with Crippen molar-refractivity contribution in [2.45, 2.75) is 52.4 Å². The van der Waals surface area contributed by atoms with Gasteiger partial charge >= 0.3 is 0 Å². The van der Waals surface area contributed by atoms with E-state index < -0.39 is 0 Å². The molecule has 1 unspecified atom stereocenters. The minimum absolute atomic E-state index is 0.236. The first-order valence-corrected chi connectivity index (χ1v) is 7.53. The van der Waals surface area contributed by atoms with Gasteiger partial charge in [0.25, 0.3) is 0 Å². The molecule has 1 saturated heterocycles. The maximum absolute atomic E-state index is 11.5. The molecule has 3 heteroatoms. The van der Waals surface area contributed by atoms with E-state index in [2.05, 4.69) is 18.7 Å². The summed E-state index contributed by atoms with van der Waals surface area (Å²) in [5, 5.41) is 0. The lowest BCUT2D eigenvalue weighted by molar-refractivity contribution is -0.125. The lowest BCUT2D eigenvalue weighted by Crippen LogP contribution is -2.45. The molecule has 1 aliphatic heterocycles. The Bertz CT molecular complexity index is 217. The number of ether oxygens (including phenoxy) is 1. The Morgan fingerprint density at radius 2 is 1.89 bits per heavy atom. The fraction of sp³-hybridized carbons (Fsp3) is 0.933. The SMILES string of the molecule is CCCCN(CCCC)CC1(C=O)CCCOC1. The molecule has 1 aliphatic rings. The predicted octanol–water partition coefficient (Wildman–Crippen LogP) is 2.88. The van der Waals surface area contributed by atoms with Crippen LogP contribution in [0.3, 0.4) is 0 Å². The third-order valence-electron chi connectivity index (χ3n) is 3.80. The summed E-state index contributed by atoms with van der Waals surface area (Å²) in [6, 6.07) is 0. The second-order valence-corrected chi connectivity index (χ2v) is 5.62. The summed E-state index contributed by atoms with van der Waals surface area (Å²) < 4.78 is 5.53. The van der Waals surface area contributed by atoms with E-state index in [0.717, 1.165) is 45.4 Å². The standard InChI is InChI=1S/C15H29NO2/c1-3-5-9-16(10-6-4-2)12-15(13-17)8-7-11-18-14-15/h13H,3-12,14H2,1-2H3. The highest BCUT2D eigenvalue weighted by Crippen LogP contribution is 2.27. The number of rotatable bonds is 9. The molecule has 106 valence electrons. The Morgan fingerprint density at radius 1 is 1.22 bits per heavy atom. The maximum Gasteiger partial charge on any atom is 0.129 e. The summed E-state index contributed by atoms with van der Waals surface area (Å²) in [7, 11) is 0.